The monoisotopic (exact) mass is 317 g/mol. The summed E-state index contributed by atoms with van der Waals surface area (Å²) in [5.74, 6) is 1.32. The lowest BCUT2D eigenvalue weighted by molar-refractivity contribution is 0.167. The quantitative estimate of drug-likeness (QED) is 0.910. The predicted molar refractivity (Wildman–Crippen MR) is 89.2 cm³/mol. The molecule has 2 N–H and O–H groups in total. The molecule has 1 heterocycles. The average molecular weight is 318 g/mol. The molecule has 0 aliphatic carbocycles. The van der Waals surface area contributed by atoms with Gasteiger partial charge in [-0.15, -0.1) is 0 Å². The van der Waals surface area contributed by atoms with E-state index in [4.69, 9.17) is 26.8 Å². The second-order valence-corrected chi connectivity index (χ2v) is 5.90. The highest BCUT2D eigenvalue weighted by Gasteiger charge is 2.18. The van der Waals surface area contributed by atoms with Crippen molar-refractivity contribution in [1.29, 1.82) is 0 Å². The summed E-state index contributed by atoms with van der Waals surface area (Å²) in [4.78, 5) is 0. The SMILES string of the molecule is NCc1cccc(-c2ccccc2OCC2CCOC2)c1Cl. The molecule has 2 aromatic carbocycles. The summed E-state index contributed by atoms with van der Waals surface area (Å²) in [5.41, 5.74) is 8.65. The minimum absolute atomic E-state index is 0.426. The minimum Gasteiger partial charge on any atom is -0.493 e. The Bertz CT molecular complexity index is 639. The first-order valence-electron chi connectivity index (χ1n) is 7.57. The van der Waals surface area contributed by atoms with Crippen molar-refractivity contribution in [3.63, 3.8) is 0 Å². The molecule has 1 saturated heterocycles. The second-order valence-electron chi connectivity index (χ2n) is 5.52. The van der Waals surface area contributed by atoms with Crippen molar-refractivity contribution in [2.75, 3.05) is 19.8 Å². The number of benzene rings is 2. The molecule has 3 rings (SSSR count). The second kappa shape index (κ2) is 7.14. The lowest BCUT2D eigenvalue weighted by Gasteiger charge is -2.16. The molecule has 3 nitrogen and oxygen atoms in total. The largest absolute Gasteiger partial charge is 0.493 e. The average Bonchev–Trinajstić information content (AvgIpc) is 3.07. The summed E-state index contributed by atoms with van der Waals surface area (Å²) < 4.78 is 11.4. The van der Waals surface area contributed by atoms with Crippen molar-refractivity contribution < 1.29 is 9.47 Å². The number of hydrogen-bond donors (Lipinski definition) is 1. The molecule has 0 bridgehead atoms. The van der Waals surface area contributed by atoms with Crippen LogP contribution in [0, 0.1) is 5.92 Å². The van der Waals surface area contributed by atoms with Gasteiger partial charge in [-0.2, -0.15) is 0 Å². The molecule has 1 unspecified atom stereocenters. The van der Waals surface area contributed by atoms with E-state index >= 15 is 0 Å². The van der Waals surface area contributed by atoms with Crippen LogP contribution in [0.15, 0.2) is 42.5 Å². The molecule has 2 aromatic rings. The summed E-state index contributed by atoms with van der Waals surface area (Å²) in [7, 11) is 0. The maximum absolute atomic E-state index is 6.49. The van der Waals surface area contributed by atoms with Crippen molar-refractivity contribution in [3.8, 4) is 16.9 Å². The standard InChI is InChI=1S/C18H20ClNO2/c19-18-14(10-20)4-3-6-16(18)15-5-1-2-7-17(15)22-12-13-8-9-21-11-13/h1-7,13H,8-12,20H2. The lowest BCUT2D eigenvalue weighted by Crippen LogP contribution is -2.12. The maximum Gasteiger partial charge on any atom is 0.127 e. The van der Waals surface area contributed by atoms with Gasteiger partial charge >= 0.3 is 0 Å². The third-order valence-corrected chi connectivity index (χ3v) is 4.42. The van der Waals surface area contributed by atoms with Crippen LogP contribution >= 0.6 is 11.6 Å². The Morgan fingerprint density at radius 3 is 2.73 bits per heavy atom. The van der Waals surface area contributed by atoms with Crippen molar-refractivity contribution in [2.45, 2.75) is 13.0 Å². The van der Waals surface area contributed by atoms with Crippen LogP contribution in [0.1, 0.15) is 12.0 Å². The third kappa shape index (κ3) is 3.27. The highest BCUT2D eigenvalue weighted by Crippen LogP contribution is 2.36. The normalized spacial score (nSPS) is 17.6. The smallest absolute Gasteiger partial charge is 0.127 e. The first-order valence-corrected chi connectivity index (χ1v) is 7.95. The fraction of sp³-hybridized carbons (Fsp3) is 0.333. The van der Waals surface area contributed by atoms with E-state index < -0.39 is 0 Å². The molecular formula is C18H20ClNO2. The van der Waals surface area contributed by atoms with Gasteiger partial charge in [0, 0.05) is 30.2 Å². The molecule has 1 atom stereocenters. The highest BCUT2D eigenvalue weighted by molar-refractivity contribution is 6.34. The van der Waals surface area contributed by atoms with Crippen molar-refractivity contribution in [3.05, 3.63) is 53.1 Å². The minimum atomic E-state index is 0.426. The zero-order valence-electron chi connectivity index (χ0n) is 12.4. The zero-order valence-corrected chi connectivity index (χ0v) is 13.2. The molecule has 116 valence electrons. The number of para-hydroxylation sites is 1. The fourth-order valence-corrected chi connectivity index (χ4v) is 2.99. The Morgan fingerprint density at radius 2 is 1.95 bits per heavy atom. The first kappa shape index (κ1) is 15.3. The van der Waals surface area contributed by atoms with Gasteiger partial charge in [0.2, 0.25) is 0 Å². The molecule has 22 heavy (non-hydrogen) atoms. The van der Waals surface area contributed by atoms with Crippen molar-refractivity contribution in [1.82, 2.24) is 0 Å². The van der Waals surface area contributed by atoms with E-state index in [2.05, 4.69) is 0 Å². The van der Waals surface area contributed by atoms with Gasteiger partial charge in [0.05, 0.1) is 18.2 Å². The third-order valence-electron chi connectivity index (χ3n) is 3.97. The molecule has 0 radical (unpaired) electrons. The topological polar surface area (TPSA) is 44.5 Å². The van der Waals surface area contributed by atoms with Crippen LogP contribution in [0.3, 0.4) is 0 Å². The van der Waals surface area contributed by atoms with Crippen LogP contribution in [-0.2, 0) is 11.3 Å². The summed E-state index contributed by atoms with van der Waals surface area (Å²) in [6.07, 6.45) is 1.06. The van der Waals surface area contributed by atoms with Crippen LogP contribution in [0.2, 0.25) is 5.02 Å². The molecule has 0 aromatic heterocycles. The molecule has 1 aliphatic heterocycles. The Kier molecular flexibility index (Phi) is 4.98. The number of hydrogen-bond acceptors (Lipinski definition) is 3. The number of nitrogens with two attached hydrogens (primary N) is 1. The van der Waals surface area contributed by atoms with Crippen LogP contribution in [0.5, 0.6) is 5.75 Å². The fourth-order valence-electron chi connectivity index (χ4n) is 2.68. The molecule has 0 spiro atoms. The first-order chi connectivity index (χ1) is 10.8. The van der Waals surface area contributed by atoms with E-state index in [1.807, 2.05) is 42.5 Å². The number of ether oxygens (including phenoxy) is 2. The summed E-state index contributed by atoms with van der Waals surface area (Å²) in [6, 6.07) is 13.9. The van der Waals surface area contributed by atoms with Crippen LogP contribution in [-0.4, -0.2) is 19.8 Å². The van der Waals surface area contributed by atoms with Gasteiger partial charge in [-0.1, -0.05) is 48.0 Å². The molecule has 0 saturated carbocycles. The van der Waals surface area contributed by atoms with Crippen molar-refractivity contribution in [2.24, 2.45) is 11.7 Å². The molecule has 0 amide bonds. The Morgan fingerprint density at radius 1 is 1.14 bits per heavy atom. The summed E-state index contributed by atoms with van der Waals surface area (Å²) in [6.45, 7) is 2.71. The van der Waals surface area contributed by atoms with Gasteiger partial charge in [0.25, 0.3) is 0 Å². The molecule has 1 fully saturated rings. The Labute approximate surface area is 136 Å². The Balaban J connectivity index is 1.87. The van der Waals surface area contributed by atoms with Gasteiger partial charge in [0.1, 0.15) is 5.75 Å². The van der Waals surface area contributed by atoms with E-state index in [0.717, 1.165) is 42.1 Å². The van der Waals surface area contributed by atoms with E-state index in [0.29, 0.717) is 24.1 Å². The van der Waals surface area contributed by atoms with Crippen LogP contribution in [0.25, 0.3) is 11.1 Å². The van der Waals surface area contributed by atoms with Gasteiger partial charge < -0.3 is 15.2 Å². The van der Waals surface area contributed by atoms with E-state index in [1.165, 1.54) is 0 Å². The maximum atomic E-state index is 6.49. The predicted octanol–water partition coefficient (Wildman–Crippen LogP) is 3.88. The molecule has 1 aliphatic rings. The molecule has 4 heteroatoms. The summed E-state index contributed by atoms with van der Waals surface area (Å²) >= 11 is 6.49. The zero-order chi connectivity index (χ0) is 15.4. The van der Waals surface area contributed by atoms with Gasteiger partial charge in [-0.3, -0.25) is 0 Å². The highest BCUT2D eigenvalue weighted by atomic mass is 35.5. The van der Waals surface area contributed by atoms with E-state index in [1.54, 1.807) is 0 Å². The number of halogens is 1. The summed E-state index contributed by atoms with van der Waals surface area (Å²) in [5, 5.41) is 0.699. The van der Waals surface area contributed by atoms with Crippen molar-refractivity contribution >= 4 is 11.6 Å². The van der Waals surface area contributed by atoms with E-state index in [9.17, 15) is 0 Å². The van der Waals surface area contributed by atoms with Gasteiger partial charge in [-0.25, -0.2) is 0 Å². The van der Waals surface area contributed by atoms with E-state index in [-0.39, 0.29) is 0 Å². The lowest BCUT2D eigenvalue weighted by atomic mass is 10.0. The van der Waals surface area contributed by atoms with Crippen LogP contribution < -0.4 is 10.5 Å². The Hall–Kier alpha value is -1.55. The molecular weight excluding hydrogens is 298 g/mol. The van der Waals surface area contributed by atoms with Gasteiger partial charge in [-0.05, 0) is 18.1 Å². The number of rotatable bonds is 5. The van der Waals surface area contributed by atoms with Crippen LogP contribution in [0.4, 0.5) is 0 Å². The van der Waals surface area contributed by atoms with Gasteiger partial charge in [0.15, 0.2) is 0 Å².